The minimum Gasteiger partial charge on any atom is -0.385 e. The quantitative estimate of drug-likeness (QED) is 0.873. The number of aliphatic hydroxyl groups excluding tert-OH is 1. The van der Waals surface area contributed by atoms with E-state index in [2.05, 4.69) is 22.0 Å². The second-order valence-electron chi connectivity index (χ2n) is 4.45. The minimum atomic E-state index is -0.542. The molecule has 1 N–H and O–H groups in total. The molecule has 94 valence electrons. The molecular weight excluding hydrogens is 224 g/mol. The lowest BCUT2D eigenvalue weighted by molar-refractivity contribution is 0.120. The molecule has 2 aromatic rings. The molecule has 2 rings (SSSR count). The van der Waals surface area contributed by atoms with Gasteiger partial charge in [-0.15, -0.1) is 0 Å². The smallest absolute Gasteiger partial charge is 0.109 e. The van der Waals surface area contributed by atoms with E-state index < -0.39 is 6.10 Å². The molecule has 0 aliphatic heterocycles. The van der Waals surface area contributed by atoms with E-state index in [4.69, 9.17) is 0 Å². The average molecular weight is 242 g/mol. The highest BCUT2D eigenvalue weighted by Crippen LogP contribution is 2.12. The highest BCUT2D eigenvalue weighted by Gasteiger charge is 2.11. The van der Waals surface area contributed by atoms with Gasteiger partial charge in [0.2, 0.25) is 0 Å². The third-order valence-corrected chi connectivity index (χ3v) is 2.81. The SMILES string of the molecule is CN(Cc1ccccc1)C[C@@H](O)c1ccccn1. The fourth-order valence-electron chi connectivity index (χ4n) is 1.92. The Balaban J connectivity index is 1.90. The molecule has 3 heteroatoms. The normalized spacial score (nSPS) is 12.6. The molecular formula is C15H18N2O. The van der Waals surface area contributed by atoms with Crippen LogP contribution >= 0.6 is 0 Å². The zero-order valence-electron chi connectivity index (χ0n) is 10.5. The van der Waals surface area contributed by atoms with Crippen LogP contribution in [0.4, 0.5) is 0 Å². The third-order valence-electron chi connectivity index (χ3n) is 2.81. The molecule has 0 saturated heterocycles. The first kappa shape index (κ1) is 12.7. The van der Waals surface area contributed by atoms with E-state index in [9.17, 15) is 5.11 Å². The first-order chi connectivity index (χ1) is 8.75. The molecule has 1 heterocycles. The molecule has 0 amide bonds. The maximum atomic E-state index is 10.1. The number of nitrogens with zero attached hydrogens (tertiary/aromatic N) is 2. The number of aliphatic hydroxyl groups is 1. The van der Waals surface area contributed by atoms with E-state index in [1.807, 2.05) is 43.4 Å². The number of rotatable bonds is 5. The Kier molecular flexibility index (Phi) is 4.45. The van der Waals surface area contributed by atoms with Crippen molar-refractivity contribution in [2.75, 3.05) is 13.6 Å². The van der Waals surface area contributed by atoms with Crippen molar-refractivity contribution in [3.8, 4) is 0 Å². The molecule has 0 saturated carbocycles. The molecule has 0 aliphatic carbocycles. The summed E-state index contributed by atoms with van der Waals surface area (Å²) in [5.41, 5.74) is 1.96. The summed E-state index contributed by atoms with van der Waals surface area (Å²) in [4.78, 5) is 6.25. The van der Waals surface area contributed by atoms with Gasteiger partial charge in [-0.05, 0) is 24.7 Å². The highest BCUT2D eigenvalue weighted by atomic mass is 16.3. The third kappa shape index (κ3) is 3.65. The van der Waals surface area contributed by atoms with E-state index in [-0.39, 0.29) is 0 Å². The average Bonchev–Trinajstić information content (AvgIpc) is 2.40. The lowest BCUT2D eigenvalue weighted by Crippen LogP contribution is -2.24. The molecule has 1 aromatic heterocycles. The lowest BCUT2D eigenvalue weighted by Gasteiger charge is -2.20. The van der Waals surface area contributed by atoms with Gasteiger partial charge in [-0.1, -0.05) is 36.4 Å². The number of hydrogen-bond donors (Lipinski definition) is 1. The van der Waals surface area contributed by atoms with Crippen molar-refractivity contribution in [2.24, 2.45) is 0 Å². The van der Waals surface area contributed by atoms with Gasteiger partial charge in [0.1, 0.15) is 6.10 Å². The number of likely N-dealkylation sites (N-methyl/N-ethyl adjacent to an activating group) is 1. The summed E-state index contributed by atoms with van der Waals surface area (Å²) < 4.78 is 0. The molecule has 1 aromatic carbocycles. The van der Waals surface area contributed by atoms with Gasteiger partial charge in [-0.3, -0.25) is 9.88 Å². The lowest BCUT2D eigenvalue weighted by atomic mass is 10.2. The first-order valence-corrected chi connectivity index (χ1v) is 6.07. The highest BCUT2D eigenvalue weighted by molar-refractivity contribution is 5.14. The van der Waals surface area contributed by atoms with E-state index in [0.29, 0.717) is 6.54 Å². The van der Waals surface area contributed by atoms with E-state index in [1.54, 1.807) is 6.20 Å². The summed E-state index contributed by atoms with van der Waals surface area (Å²) in [6.45, 7) is 1.40. The Bertz CT molecular complexity index is 458. The zero-order valence-corrected chi connectivity index (χ0v) is 10.5. The number of pyridine rings is 1. The fraction of sp³-hybridized carbons (Fsp3) is 0.267. The van der Waals surface area contributed by atoms with Crippen molar-refractivity contribution < 1.29 is 5.11 Å². The minimum absolute atomic E-state index is 0.542. The monoisotopic (exact) mass is 242 g/mol. The topological polar surface area (TPSA) is 36.4 Å². The van der Waals surface area contributed by atoms with Crippen LogP contribution in [0.5, 0.6) is 0 Å². The van der Waals surface area contributed by atoms with E-state index in [0.717, 1.165) is 12.2 Å². The Hall–Kier alpha value is -1.71. The van der Waals surface area contributed by atoms with Crippen LogP contribution in [0.25, 0.3) is 0 Å². The number of aromatic nitrogens is 1. The largest absolute Gasteiger partial charge is 0.385 e. The van der Waals surface area contributed by atoms with Crippen LogP contribution in [-0.4, -0.2) is 28.6 Å². The van der Waals surface area contributed by atoms with Crippen LogP contribution in [0.2, 0.25) is 0 Å². The Labute approximate surface area is 108 Å². The van der Waals surface area contributed by atoms with Gasteiger partial charge >= 0.3 is 0 Å². The molecule has 0 spiro atoms. The van der Waals surface area contributed by atoms with Crippen molar-refractivity contribution in [3.63, 3.8) is 0 Å². The Morgan fingerprint density at radius 3 is 2.50 bits per heavy atom. The number of benzene rings is 1. The summed E-state index contributed by atoms with van der Waals surface area (Å²) in [7, 11) is 2.00. The second-order valence-corrected chi connectivity index (χ2v) is 4.45. The Morgan fingerprint density at radius 2 is 1.83 bits per heavy atom. The predicted octanol–water partition coefficient (Wildman–Crippen LogP) is 2.25. The van der Waals surface area contributed by atoms with Crippen molar-refractivity contribution in [3.05, 3.63) is 66.0 Å². The Morgan fingerprint density at radius 1 is 1.11 bits per heavy atom. The summed E-state index contributed by atoms with van der Waals surface area (Å²) in [5, 5.41) is 10.1. The molecule has 0 unspecified atom stereocenters. The van der Waals surface area contributed by atoms with E-state index in [1.165, 1.54) is 5.56 Å². The van der Waals surface area contributed by atoms with Gasteiger partial charge < -0.3 is 5.11 Å². The van der Waals surface area contributed by atoms with Crippen LogP contribution in [0, 0.1) is 0 Å². The number of hydrogen-bond acceptors (Lipinski definition) is 3. The van der Waals surface area contributed by atoms with Crippen molar-refractivity contribution in [2.45, 2.75) is 12.6 Å². The van der Waals surface area contributed by atoms with Crippen molar-refractivity contribution in [1.82, 2.24) is 9.88 Å². The molecule has 0 fully saturated rings. The van der Waals surface area contributed by atoms with Crippen molar-refractivity contribution in [1.29, 1.82) is 0 Å². The molecule has 0 aliphatic rings. The van der Waals surface area contributed by atoms with Gasteiger partial charge in [-0.25, -0.2) is 0 Å². The molecule has 18 heavy (non-hydrogen) atoms. The molecule has 0 bridgehead atoms. The van der Waals surface area contributed by atoms with Crippen LogP contribution < -0.4 is 0 Å². The maximum absolute atomic E-state index is 10.1. The van der Waals surface area contributed by atoms with Gasteiger partial charge in [0.05, 0.1) is 5.69 Å². The predicted molar refractivity (Wildman–Crippen MR) is 72.0 cm³/mol. The van der Waals surface area contributed by atoms with Gasteiger partial charge in [-0.2, -0.15) is 0 Å². The summed E-state index contributed by atoms with van der Waals surface area (Å²) in [5.74, 6) is 0. The van der Waals surface area contributed by atoms with Gasteiger partial charge in [0, 0.05) is 19.3 Å². The van der Waals surface area contributed by atoms with Crippen LogP contribution in [0.1, 0.15) is 17.4 Å². The fourth-order valence-corrected chi connectivity index (χ4v) is 1.92. The molecule has 0 radical (unpaired) electrons. The van der Waals surface area contributed by atoms with Crippen LogP contribution in [-0.2, 0) is 6.54 Å². The zero-order chi connectivity index (χ0) is 12.8. The standard InChI is InChI=1S/C15H18N2O/c1-17(11-13-7-3-2-4-8-13)12-15(18)14-9-5-6-10-16-14/h2-10,15,18H,11-12H2,1H3/t15-/m1/s1. The summed E-state index contributed by atoms with van der Waals surface area (Å²) in [6, 6.07) is 15.8. The molecule has 1 atom stereocenters. The first-order valence-electron chi connectivity index (χ1n) is 6.07. The molecule has 3 nitrogen and oxygen atoms in total. The van der Waals surface area contributed by atoms with E-state index >= 15 is 0 Å². The van der Waals surface area contributed by atoms with Crippen LogP contribution in [0.15, 0.2) is 54.7 Å². The maximum Gasteiger partial charge on any atom is 0.109 e. The summed E-state index contributed by atoms with van der Waals surface area (Å²) >= 11 is 0. The van der Waals surface area contributed by atoms with Gasteiger partial charge in [0.15, 0.2) is 0 Å². The van der Waals surface area contributed by atoms with Gasteiger partial charge in [0.25, 0.3) is 0 Å². The van der Waals surface area contributed by atoms with Crippen molar-refractivity contribution >= 4 is 0 Å². The summed E-state index contributed by atoms with van der Waals surface area (Å²) in [6.07, 6.45) is 1.16. The second kappa shape index (κ2) is 6.28. The van der Waals surface area contributed by atoms with Crippen LogP contribution in [0.3, 0.4) is 0 Å².